The van der Waals surface area contributed by atoms with Crippen molar-refractivity contribution in [3.8, 4) is 0 Å². The Morgan fingerprint density at radius 3 is 1.66 bits per heavy atom. The number of aromatic nitrogens is 4. The molecule has 8 heterocycles. The quantitative estimate of drug-likeness (QED) is 0.0523. The number of aliphatic carboxylic acids is 1. The number of carbonyl (C=O) groups excluding carboxylic acids is 3. The molecule has 6 saturated heterocycles. The Hall–Kier alpha value is -5.37. The molecule has 2 amide bonds. The molecular weight excluding hydrogens is 985 g/mol. The van der Waals surface area contributed by atoms with Crippen LogP contribution in [0.4, 0.5) is 0 Å². The van der Waals surface area contributed by atoms with Crippen LogP contribution in [-0.4, -0.2) is 134 Å². The Labute approximate surface area is 454 Å². The summed E-state index contributed by atoms with van der Waals surface area (Å²) >= 11 is 0. The molecule has 2 aromatic heterocycles. The predicted molar refractivity (Wildman–Crippen MR) is 290 cm³/mol. The van der Waals surface area contributed by atoms with Gasteiger partial charge in [-0.05, 0) is 111 Å². The Morgan fingerprint density at radius 2 is 1.21 bits per heavy atom. The minimum Gasteiger partial charge on any atom is -0.481 e. The molecule has 18 nitrogen and oxygen atoms in total. The molecular formula is C59H84N6O12. The van der Waals surface area contributed by atoms with Crippen molar-refractivity contribution in [3.63, 3.8) is 0 Å². The fraction of sp³-hybridized carbons (Fsp3) is 0.644. The number of allylic oxidation sites excluding steroid dienone is 6. The van der Waals surface area contributed by atoms with Crippen molar-refractivity contribution in [2.45, 2.75) is 206 Å². The summed E-state index contributed by atoms with van der Waals surface area (Å²) in [5.74, 6) is -0.120. The summed E-state index contributed by atoms with van der Waals surface area (Å²) in [5.41, 5.74) is 2.73. The number of nitrogens with zero attached hydrogens (tertiary/aromatic N) is 4. The van der Waals surface area contributed by atoms with E-state index in [1.807, 2.05) is 71.9 Å². The number of ether oxygens (including phenoxy) is 6. The maximum Gasteiger partial charge on any atom is 0.337 e. The highest BCUT2D eigenvalue weighted by Gasteiger charge is 2.52. The smallest absolute Gasteiger partial charge is 0.337 e. The number of nitrogens with one attached hydrogen (secondary N) is 2. The summed E-state index contributed by atoms with van der Waals surface area (Å²) in [7, 11) is 0. The molecule has 6 fully saturated rings. The average Bonchev–Trinajstić information content (AvgIpc) is 4.30. The van der Waals surface area contributed by atoms with Gasteiger partial charge in [-0.2, -0.15) is 0 Å². The van der Waals surface area contributed by atoms with Crippen LogP contribution in [0, 0.1) is 23.7 Å². The number of hydrogen-bond donors (Lipinski definition) is 3. The van der Waals surface area contributed by atoms with Gasteiger partial charge in [-0.15, -0.1) is 5.10 Å². The topological polar surface area (TPSA) is 227 Å². The van der Waals surface area contributed by atoms with Gasteiger partial charge in [-0.3, -0.25) is 14.4 Å². The van der Waals surface area contributed by atoms with Gasteiger partial charge in [-0.25, -0.2) is 9.78 Å². The molecule has 77 heavy (non-hydrogen) atoms. The van der Waals surface area contributed by atoms with Crippen molar-refractivity contribution in [2.75, 3.05) is 13.2 Å². The van der Waals surface area contributed by atoms with E-state index in [1.165, 1.54) is 0 Å². The maximum absolute atomic E-state index is 12.7. The Morgan fingerprint density at radius 1 is 0.727 bits per heavy atom. The second kappa shape index (κ2) is 27.0. The molecule has 0 saturated carbocycles. The van der Waals surface area contributed by atoms with E-state index in [4.69, 9.17) is 38.4 Å². The summed E-state index contributed by atoms with van der Waals surface area (Å²) in [6.07, 6.45) is 26.6. The zero-order valence-corrected chi connectivity index (χ0v) is 46.8. The molecule has 0 aromatic carbocycles. The fourth-order valence-corrected chi connectivity index (χ4v) is 10.6. The van der Waals surface area contributed by atoms with E-state index in [0.717, 1.165) is 54.5 Å². The first kappa shape index (κ1) is 59.3. The van der Waals surface area contributed by atoms with E-state index < -0.39 is 11.9 Å². The van der Waals surface area contributed by atoms with Gasteiger partial charge in [0.15, 0.2) is 0 Å². The lowest BCUT2D eigenvalue weighted by molar-refractivity contribution is -0.152. The molecule has 6 aliphatic heterocycles. The fourth-order valence-electron chi connectivity index (χ4n) is 10.6. The number of hydrogen-bond acceptors (Lipinski definition) is 14. The number of carbonyl (C=O) groups is 4. The third-order valence-corrected chi connectivity index (χ3v) is 15.2. The molecule has 0 unspecified atom stereocenters. The first-order chi connectivity index (χ1) is 36.6. The molecule has 422 valence electrons. The average molecular weight is 1070 g/mol. The van der Waals surface area contributed by atoms with E-state index in [1.54, 1.807) is 30.5 Å². The Balaban J connectivity index is 0.000000230. The highest BCUT2D eigenvalue weighted by atomic mass is 16.7. The molecule has 6 aliphatic rings. The zero-order valence-electron chi connectivity index (χ0n) is 46.8. The van der Waals surface area contributed by atoms with E-state index in [0.29, 0.717) is 60.9 Å². The number of amides is 2. The van der Waals surface area contributed by atoms with Crippen molar-refractivity contribution >= 4 is 34.9 Å². The molecule has 0 bridgehead atoms. The molecule has 14 atom stereocenters. The van der Waals surface area contributed by atoms with Gasteiger partial charge in [0, 0.05) is 31.9 Å². The van der Waals surface area contributed by atoms with E-state index >= 15 is 0 Å². The molecule has 18 heteroatoms. The third kappa shape index (κ3) is 18.4. The van der Waals surface area contributed by atoms with Crippen LogP contribution in [0.25, 0.3) is 11.2 Å². The molecule has 2 aromatic rings. The highest BCUT2D eigenvalue weighted by molar-refractivity contribution is 5.88. The van der Waals surface area contributed by atoms with Crippen LogP contribution in [0.1, 0.15) is 133 Å². The molecule has 0 aliphatic carbocycles. The van der Waals surface area contributed by atoms with Gasteiger partial charge in [0.1, 0.15) is 5.52 Å². The minimum atomic E-state index is -0.842. The standard InChI is InChI=1S/C32H43N5O6.C27H41NO6/c1-20(2)8-13-29(38)34-27-15-22(4)28(41-23(27)5)12-10-21(3)9-11-24-17-32(19-40-32)18-25(42-24)16-30(39)43-37-31-26(35-36-37)7-6-14-33-31;1-17(2)6-11-25(29)28-23-12-19(4)24(33-20(23)5)10-8-18(3)7-9-21-14-27(16-32-27)15-22(34-21)13-26(30)31/h6-11,13-14,20,22-25,27-28H,12,15-19H2,1-5H3,(H,34,38);6-9,11,17,19-24H,10,12-16H2,1-5H3,(H,28,29)(H,30,31)/b11-9+,13-8-,21-10+;9-7+,11-6-,18-8+/t22-,23+,24+,25+,27+,28-,32+;19-,20+,21+,22+,23+,24-,27+/m00/s1. The second-order valence-electron chi connectivity index (χ2n) is 23.1. The first-order valence-corrected chi connectivity index (χ1v) is 27.8. The lowest BCUT2D eigenvalue weighted by atomic mass is 9.88. The largest absolute Gasteiger partial charge is 0.481 e. The molecule has 3 N–H and O–H groups in total. The van der Waals surface area contributed by atoms with Crippen molar-refractivity contribution < 1.29 is 57.5 Å². The minimum absolute atomic E-state index is 0.00148. The first-order valence-electron chi connectivity index (χ1n) is 27.8. The zero-order chi connectivity index (χ0) is 55.4. The van der Waals surface area contributed by atoms with E-state index in [-0.39, 0.29) is 96.8 Å². The van der Waals surface area contributed by atoms with Gasteiger partial charge in [0.05, 0.1) is 98.2 Å². The maximum atomic E-state index is 12.7. The molecule has 0 radical (unpaired) electrons. The van der Waals surface area contributed by atoms with Gasteiger partial charge < -0.3 is 49.0 Å². The number of fused-ring (bicyclic) bond motifs is 1. The number of pyridine rings is 1. The number of rotatable bonds is 19. The highest BCUT2D eigenvalue weighted by Crippen LogP contribution is 2.44. The second-order valence-corrected chi connectivity index (χ2v) is 23.1. The number of epoxide rings is 2. The van der Waals surface area contributed by atoms with Crippen LogP contribution >= 0.6 is 0 Å². The number of carboxylic acid groups (broad SMARTS) is 1. The van der Waals surface area contributed by atoms with Crippen LogP contribution in [0.2, 0.25) is 0 Å². The summed E-state index contributed by atoms with van der Waals surface area (Å²) in [6, 6.07) is 3.51. The van der Waals surface area contributed by atoms with Gasteiger partial charge >= 0.3 is 11.9 Å². The van der Waals surface area contributed by atoms with Crippen LogP contribution in [0.3, 0.4) is 0 Å². The summed E-state index contributed by atoms with van der Waals surface area (Å²) in [4.78, 5) is 58.9. The van der Waals surface area contributed by atoms with Crippen LogP contribution in [0.15, 0.2) is 90.2 Å². The van der Waals surface area contributed by atoms with Crippen molar-refractivity contribution in [2.24, 2.45) is 23.7 Å². The van der Waals surface area contributed by atoms with Gasteiger partial charge in [0.2, 0.25) is 17.5 Å². The SMILES string of the molecule is CC(/C=C/[C@@H]1C[C@]2(CO2)C[C@@H](CC(=O)O)O1)=C\C[C@@H]1O[C@H](C)[C@H](NC(=O)/C=C\C(C)C)C[C@@H]1C.CC(/C=C/[C@@H]1C[C@]2(CO2)C[C@@H](CC(=O)On2nnc3cccnc32)O1)=C\C[C@@H]1O[C@H](C)[C@H](NC(=O)/C=C\C(C)C)C[C@@H]1C. The van der Waals surface area contributed by atoms with Crippen molar-refractivity contribution in [3.05, 3.63) is 90.2 Å². The lowest BCUT2D eigenvalue weighted by Crippen LogP contribution is -2.50. The van der Waals surface area contributed by atoms with Crippen LogP contribution in [-0.2, 0) is 47.6 Å². The number of carboxylic acids is 1. The Bertz CT molecular complexity index is 2520. The van der Waals surface area contributed by atoms with Crippen LogP contribution < -0.4 is 15.5 Å². The van der Waals surface area contributed by atoms with E-state index in [9.17, 15) is 19.2 Å². The Kier molecular flexibility index (Phi) is 20.8. The van der Waals surface area contributed by atoms with Crippen molar-refractivity contribution in [1.29, 1.82) is 0 Å². The predicted octanol–water partition coefficient (Wildman–Crippen LogP) is 8.07. The summed E-state index contributed by atoms with van der Waals surface area (Å²) < 4.78 is 36.3. The molecule has 8 rings (SSSR count). The van der Waals surface area contributed by atoms with E-state index in [2.05, 4.69) is 71.9 Å². The third-order valence-electron chi connectivity index (χ3n) is 15.2. The van der Waals surface area contributed by atoms with Crippen LogP contribution in [0.5, 0.6) is 0 Å². The lowest BCUT2D eigenvalue weighted by Gasteiger charge is -2.39. The van der Waals surface area contributed by atoms with Gasteiger partial charge in [0.25, 0.3) is 0 Å². The monoisotopic (exact) mass is 1070 g/mol. The summed E-state index contributed by atoms with van der Waals surface area (Å²) in [6.45, 7) is 22.1. The van der Waals surface area contributed by atoms with Crippen molar-refractivity contribution in [1.82, 2.24) is 30.8 Å². The summed E-state index contributed by atoms with van der Waals surface area (Å²) in [5, 5.41) is 23.1. The molecule has 2 spiro atoms. The normalized spacial score (nSPS) is 33.6. The van der Waals surface area contributed by atoms with Gasteiger partial charge in [-0.1, -0.05) is 101 Å².